The topological polar surface area (TPSA) is 51.2 Å². The minimum Gasteiger partial charge on any atom is -0.488 e. The molecule has 128 valence electrons. The van der Waals surface area contributed by atoms with Crippen molar-refractivity contribution in [1.82, 2.24) is 4.98 Å². The number of pyridine rings is 1. The van der Waals surface area contributed by atoms with Gasteiger partial charge in [-0.1, -0.05) is 23.7 Å². The molecule has 1 aromatic heterocycles. The maximum absolute atomic E-state index is 11.3. The van der Waals surface area contributed by atoms with E-state index in [1.165, 1.54) is 6.92 Å². The average Bonchev–Trinajstić information content (AvgIpc) is 2.62. The zero-order chi connectivity index (χ0) is 17.8. The van der Waals surface area contributed by atoms with Crippen molar-refractivity contribution in [3.8, 4) is 5.75 Å². The van der Waals surface area contributed by atoms with Crippen LogP contribution in [0.2, 0.25) is 5.02 Å². The van der Waals surface area contributed by atoms with Crippen molar-refractivity contribution >= 4 is 45.7 Å². The number of benzene rings is 2. The predicted octanol–water partition coefficient (Wildman–Crippen LogP) is 5.15. The lowest BCUT2D eigenvalue weighted by atomic mass is 10.1. The first kappa shape index (κ1) is 17.6. The van der Waals surface area contributed by atoms with Crippen LogP contribution >= 0.6 is 23.4 Å². The van der Waals surface area contributed by atoms with E-state index in [0.29, 0.717) is 17.3 Å². The number of carbonyl (C=O) groups is 1. The number of thioether (sulfide) groups is 1. The fourth-order valence-electron chi connectivity index (χ4n) is 2.58. The van der Waals surface area contributed by atoms with Gasteiger partial charge in [-0.15, -0.1) is 11.8 Å². The molecule has 1 heterocycles. The van der Waals surface area contributed by atoms with Gasteiger partial charge < -0.3 is 10.1 Å². The SMILES string of the molecule is CSc1ccc(NC(C)=O)c(Cl)c1COc1cccc2cnccc12. The number of amides is 1. The number of anilines is 1. The Labute approximate surface area is 155 Å². The van der Waals surface area contributed by atoms with Crippen LogP contribution < -0.4 is 10.1 Å². The lowest BCUT2D eigenvalue weighted by Gasteiger charge is -2.15. The van der Waals surface area contributed by atoms with Crippen LogP contribution in [0.4, 0.5) is 5.69 Å². The number of carbonyl (C=O) groups excluding carboxylic acids is 1. The van der Waals surface area contributed by atoms with Gasteiger partial charge in [-0.25, -0.2) is 0 Å². The number of hydrogen-bond donors (Lipinski definition) is 1. The zero-order valence-electron chi connectivity index (χ0n) is 13.9. The third-order valence-corrected chi connectivity index (χ3v) is 5.00. The molecule has 0 aliphatic carbocycles. The summed E-state index contributed by atoms with van der Waals surface area (Å²) in [6, 6.07) is 11.5. The van der Waals surface area contributed by atoms with Gasteiger partial charge in [-0.3, -0.25) is 9.78 Å². The standard InChI is InChI=1S/C19H17ClN2O2S/c1-12(23)22-16-6-7-18(25-2)15(19(16)20)11-24-17-5-3-4-13-10-21-9-8-14(13)17/h3-10H,11H2,1-2H3,(H,22,23). The van der Waals surface area contributed by atoms with Crippen molar-refractivity contribution in [1.29, 1.82) is 0 Å². The van der Waals surface area contributed by atoms with Gasteiger partial charge in [0.15, 0.2) is 0 Å². The van der Waals surface area contributed by atoms with Crippen molar-refractivity contribution < 1.29 is 9.53 Å². The molecule has 25 heavy (non-hydrogen) atoms. The Kier molecular flexibility index (Phi) is 5.46. The van der Waals surface area contributed by atoms with Gasteiger partial charge in [-0.05, 0) is 30.5 Å². The summed E-state index contributed by atoms with van der Waals surface area (Å²) in [6.45, 7) is 1.77. The van der Waals surface area contributed by atoms with E-state index in [0.717, 1.165) is 27.0 Å². The molecule has 0 fully saturated rings. The molecule has 1 amide bonds. The van der Waals surface area contributed by atoms with E-state index in [1.54, 1.807) is 24.2 Å². The summed E-state index contributed by atoms with van der Waals surface area (Å²) < 4.78 is 6.05. The summed E-state index contributed by atoms with van der Waals surface area (Å²) in [6.07, 6.45) is 5.53. The first-order valence-corrected chi connectivity index (χ1v) is 9.29. The molecule has 0 atom stereocenters. The summed E-state index contributed by atoms with van der Waals surface area (Å²) in [5, 5.41) is 5.27. The molecule has 0 saturated heterocycles. The van der Waals surface area contributed by atoms with Crippen LogP contribution in [-0.2, 0) is 11.4 Å². The Hall–Kier alpha value is -2.24. The molecule has 0 spiro atoms. The van der Waals surface area contributed by atoms with E-state index in [1.807, 2.05) is 42.7 Å². The minimum atomic E-state index is -0.160. The van der Waals surface area contributed by atoms with Crippen molar-refractivity contribution in [3.05, 3.63) is 59.4 Å². The molecule has 0 saturated carbocycles. The zero-order valence-corrected chi connectivity index (χ0v) is 15.4. The maximum atomic E-state index is 11.3. The maximum Gasteiger partial charge on any atom is 0.221 e. The normalized spacial score (nSPS) is 10.7. The van der Waals surface area contributed by atoms with E-state index in [-0.39, 0.29) is 5.91 Å². The Balaban J connectivity index is 1.92. The van der Waals surface area contributed by atoms with Crippen LogP contribution in [0.3, 0.4) is 0 Å². The monoisotopic (exact) mass is 372 g/mol. The first-order chi connectivity index (χ1) is 12.1. The van der Waals surface area contributed by atoms with Gasteiger partial charge in [0.05, 0.1) is 10.7 Å². The molecule has 3 rings (SSSR count). The second-order valence-corrected chi connectivity index (χ2v) is 6.66. The van der Waals surface area contributed by atoms with E-state index < -0.39 is 0 Å². The molecule has 0 bridgehead atoms. The molecule has 0 aliphatic rings. The number of nitrogens with zero attached hydrogens (tertiary/aromatic N) is 1. The van der Waals surface area contributed by atoms with Crippen molar-refractivity contribution in [3.63, 3.8) is 0 Å². The van der Waals surface area contributed by atoms with Gasteiger partial charge in [0.2, 0.25) is 5.91 Å². The van der Waals surface area contributed by atoms with Crippen molar-refractivity contribution in [2.45, 2.75) is 18.4 Å². The number of rotatable bonds is 5. The number of aromatic nitrogens is 1. The first-order valence-electron chi connectivity index (χ1n) is 7.68. The number of halogens is 1. The van der Waals surface area contributed by atoms with E-state index in [4.69, 9.17) is 16.3 Å². The molecular formula is C19H17ClN2O2S. The van der Waals surface area contributed by atoms with Crippen molar-refractivity contribution in [2.75, 3.05) is 11.6 Å². The van der Waals surface area contributed by atoms with E-state index >= 15 is 0 Å². The molecule has 3 aromatic rings. The summed E-state index contributed by atoms with van der Waals surface area (Å²) in [5.41, 5.74) is 1.44. The second kappa shape index (κ2) is 7.76. The average molecular weight is 373 g/mol. The highest BCUT2D eigenvalue weighted by Gasteiger charge is 2.14. The molecule has 0 unspecified atom stereocenters. The highest BCUT2D eigenvalue weighted by molar-refractivity contribution is 7.98. The predicted molar refractivity (Wildman–Crippen MR) is 104 cm³/mol. The summed E-state index contributed by atoms with van der Waals surface area (Å²) in [7, 11) is 0. The van der Waals surface area contributed by atoms with Gasteiger partial charge in [0.1, 0.15) is 12.4 Å². The number of nitrogens with one attached hydrogen (secondary N) is 1. The van der Waals surface area contributed by atoms with Gasteiger partial charge >= 0.3 is 0 Å². The minimum absolute atomic E-state index is 0.160. The molecule has 6 heteroatoms. The van der Waals surface area contributed by atoms with Crippen LogP contribution in [0, 0.1) is 0 Å². The van der Waals surface area contributed by atoms with Crippen LogP contribution in [-0.4, -0.2) is 17.1 Å². The number of fused-ring (bicyclic) bond motifs is 1. The Bertz CT molecular complexity index is 925. The van der Waals surface area contributed by atoms with Gasteiger partial charge in [0.25, 0.3) is 0 Å². The highest BCUT2D eigenvalue weighted by atomic mass is 35.5. The quantitative estimate of drug-likeness (QED) is 0.629. The molecule has 1 N–H and O–H groups in total. The fourth-order valence-corrected chi connectivity index (χ4v) is 3.52. The van der Waals surface area contributed by atoms with Crippen LogP contribution in [0.25, 0.3) is 10.8 Å². The highest BCUT2D eigenvalue weighted by Crippen LogP contribution is 2.35. The lowest BCUT2D eigenvalue weighted by Crippen LogP contribution is -2.08. The third kappa shape index (κ3) is 3.89. The van der Waals surface area contributed by atoms with E-state index in [9.17, 15) is 4.79 Å². The summed E-state index contributed by atoms with van der Waals surface area (Å²) in [5.74, 6) is 0.611. The van der Waals surface area contributed by atoms with Crippen LogP contribution in [0.5, 0.6) is 5.75 Å². The van der Waals surface area contributed by atoms with Crippen LogP contribution in [0.15, 0.2) is 53.7 Å². The lowest BCUT2D eigenvalue weighted by molar-refractivity contribution is -0.114. The molecular weight excluding hydrogens is 356 g/mol. The number of ether oxygens (including phenoxy) is 1. The second-order valence-electron chi connectivity index (χ2n) is 5.43. The van der Waals surface area contributed by atoms with E-state index in [2.05, 4.69) is 10.3 Å². The van der Waals surface area contributed by atoms with Gasteiger partial charge in [0, 0.05) is 40.5 Å². The smallest absolute Gasteiger partial charge is 0.221 e. The molecule has 4 nitrogen and oxygen atoms in total. The Morgan fingerprint density at radius 2 is 2.12 bits per heavy atom. The Morgan fingerprint density at radius 1 is 1.28 bits per heavy atom. The summed E-state index contributed by atoms with van der Waals surface area (Å²) in [4.78, 5) is 16.5. The fraction of sp³-hybridized carbons (Fsp3) is 0.158. The molecule has 0 aliphatic heterocycles. The summed E-state index contributed by atoms with van der Waals surface area (Å²) >= 11 is 8.09. The van der Waals surface area contributed by atoms with Crippen molar-refractivity contribution in [2.24, 2.45) is 0 Å². The molecule has 2 aromatic carbocycles. The molecule has 0 radical (unpaired) electrons. The largest absolute Gasteiger partial charge is 0.488 e. The van der Waals surface area contributed by atoms with Gasteiger partial charge in [-0.2, -0.15) is 0 Å². The Morgan fingerprint density at radius 3 is 2.88 bits per heavy atom. The number of hydrogen-bond acceptors (Lipinski definition) is 4. The van der Waals surface area contributed by atoms with Crippen LogP contribution in [0.1, 0.15) is 12.5 Å². The third-order valence-electron chi connectivity index (χ3n) is 3.74.